The minimum atomic E-state index is 0.166. The molecule has 4 heteroatoms. The van der Waals surface area contributed by atoms with Gasteiger partial charge in [0.15, 0.2) is 0 Å². The molecule has 0 bridgehead atoms. The van der Waals surface area contributed by atoms with Crippen LogP contribution in [0.4, 0.5) is 5.69 Å². The summed E-state index contributed by atoms with van der Waals surface area (Å²) in [6.45, 7) is 4.48. The normalized spacial score (nSPS) is 18.1. The van der Waals surface area contributed by atoms with Crippen LogP contribution >= 0.6 is 11.8 Å². The van der Waals surface area contributed by atoms with E-state index in [0.29, 0.717) is 0 Å². The number of hydrogen-bond donors (Lipinski definition) is 1. The van der Waals surface area contributed by atoms with Gasteiger partial charge in [-0.15, -0.1) is 11.8 Å². The molecule has 0 atom stereocenters. The number of nitrogens with zero attached hydrogens (tertiary/aromatic N) is 1. The highest BCUT2D eigenvalue weighted by Crippen LogP contribution is 2.35. The quantitative estimate of drug-likeness (QED) is 0.784. The zero-order chi connectivity index (χ0) is 12.5. The average molecular weight is 260 g/mol. The fourth-order valence-corrected chi connectivity index (χ4v) is 3.24. The highest BCUT2D eigenvalue weighted by molar-refractivity contribution is 7.99. The number of carbonyl (C=O) groups excluding carboxylic acids is 1. The first-order valence-electron chi connectivity index (χ1n) is 6.20. The zero-order valence-corrected chi connectivity index (χ0v) is 11.2. The summed E-state index contributed by atoms with van der Waals surface area (Å²) in [5, 5.41) is 3.19. The predicted molar refractivity (Wildman–Crippen MR) is 75.1 cm³/mol. The highest BCUT2D eigenvalue weighted by atomic mass is 32.2. The van der Waals surface area contributed by atoms with E-state index < -0.39 is 0 Å². The number of thioether (sulfide) groups is 1. The summed E-state index contributed by atoms with van der Waals surface area (Å²) in [5.41, 5.74) is 3.22. The van der Waals surface area contributed by atoms with E-state index in [4.69, 9.17) is 0 Å². The second-order valence-electron chi connectivity index (χ2n) is 4.61. The van der Waals surface area contributed by atoms with Crippen molar-refractivity contribution >= 4 is 23.4 Å². The van der Waals surface area contributed by atoms with Crippen molar-refractivity contribution in [1.82, 2.24) is 5.32 Å². The fourth-order valence-electron chi connectivity index (χ4n) is 2.25. The second kappa shape index (κ2) is 4.78. The molecule has 0 aliphatic carbocycles. The summed E-state index contributed by atoms with van der Waals surface area (Å²) >= 11 is 1.83. The van der Waals surface area contributed by atoms with Gasteiger partial charge in [0.05, 0.1) is 5.69 Å². The molecule has 94 valence electrons. The number of rotatable bonds is 1. The molecule has 18 heavy (non-hydrogen) atoms. The van der Waals surface area contributed by atoms with Crippen LogP contribution in [-0.4, -0.2) is 31.3 Å². The number of benzene rings is 1. The van der Waals surface area contributed by atoms with Gasteiger partial charge in [-0.2, -0.15) is 0 Å². The summed E-state index contributed by atoms with van der Waals surface area (Å²) in [6, 6.07) is 8.16. The minimum absolute atomic E-state index is 0.166. The van der Waals surface area contributed by atoms with Gasteiger partial charge in [0.25, 0.3) is 5.91 Å². The molecule has 2 aliphatic heterocycles. The van der Waals surface area contributed by atoms with Gasteiger partial charge in [0.1, 0.15) is 0 Å². The van der Waals surface area contributed by atoms with Crippen molar-refractivity contribution in [3.8, 4) is 0 Å². The van der Waals surface area contributed by atoms with Crippen LogP contribution in [-0.2, 0) is 4.79 Å². The molecule has 3 rings (SSSR count). The van der Waals surface area contributed by atoms with Crippen molar-refractivity contribution in [2.75, 3.05) is 30.3 Å². The van der Waals surface area contributed by atoms with Gasteiger partial charge >= 0.3 is 0 Å². The molecule has 0 spiro atoms. The number of anilines is 1. The van der Waals surface area contributed by atoms with E-state index in [9.17, 15) is 4.79 Å². The van der Waals surface area contributed by atoms with E-state index in [2.05, 4.69) is 11.4 Å². The van der Waals surface area contributed by atoms with Gasteiger partial charge in [0.2, 0.25) is 0 Å². The van der Waals surface area contributed by atoms with E-state index in [1.807, 2.05) is 41.8 Å². The van der Waals surface area contributed by atoms with Crippen LogP contribution in [0.15, 0.2) is 40.3 Å². The summed E-state index contributed by atoms with van der Waals surface area (Å²) < 4.78 is 0. The molecule has 1 aromatic rings. The maximum absolute atomic E-state index is 12.5. The lowest BCUT2D eigenvalue weighted by Gasteiger charge is -2.31. The molecule has 1 fully saturated rings. The first kappa shape index (κ1) is 11.8. The smallest absolute Gasteiger partial charge is 0.254 e. The fraction of sp³-hybridized carbons (Fsp3) is 0.357. The van der Waals surface area contributed by atoms with Crippen molar-refractivity contribution in [3.05, 3.63) is 35.4 Å². The Hall–Kier alpha value is -1.26. The van der Waals surface area contributed by atoms with Crippen LogP contribution in [0.5, 0.6) is 0 Å². The molecule has 0 saturated carbocycles. The lowest BCUT2D eigenvalue weighted by atomic mass is 10.0. The molecule has 1 amide bonds. The van der Waals surface area contributed by atoms with E-state index >= 15 is 0 Å². The first-order chi connectivity index (χ1) is 8.77. The first-order valence-corrected chi connectivity index (χ1v) is 7.19. The predicted octanol–water partition coefficient (Wildman–Crippen LogP) is 2.04. The third-order valence-corrected chi connectivity index (χ3v) is 4.54. The molecule has 1 aromatic carbocycles. The standard InChI is InChI=1S/C14H16N2OS/c1-10(11-8-15-9-11)14(17)16-6-7-18-13-5-3-2-4-12(13)16/h2-5,15H,6-9H2,1H3. The Labute approximate surface area is 111 Å². The Morgan fingerprint density at radius 3 is 2.83 bits per heavy atom. The summed E-state index contributed by atoms with van der Waals surface area (Å²) in [4.78, 5) is 15.7. The molecular weight excluding hydrogens is 244 g/mol. The summed E-state index contributed by atoms with van der Waals surface area (Å²) in [5.74, 6) is 1.14. The van der Waals surface area contributed by atoms with E-state index in [-0.39, 0.29) is 5.91 Å². The molecule has 0 aromatic heterocycles. The van der Waals surface area contributed by atoms with Crippen LogP contribution < -0.4 is 10.2 Å². The lowest BCUT2D eigenvalue weighted by molar-refractivity contribution is -0.115. The van der Waals surface area contributed by atoms with Crippen LogP contribution in [0, 0.1) is 0 Å². The molecule has 3 nitrogen and oxygen atoms in total. The maximum Gasteiger partial charge on any atom is 0.254 e. The number of carbonyl (C=O) groups is 1. The lowest BCUT2D eigenvalue weighted by Crippen LogP contribution is -2.40. The average Bonchev–Trinajstić information content (AvgIpc) is 2.35. The number of fused-ring (bicyclic) bond motifs is 1. The third-order valence-electron chi connectivity index (χ3n) is 3.50. The second-order valence-corrected chi connectivity index (χ2v) is 5.74. The largest absolute Gasteiger partial charge is 0.309 e. The van der Waals surface area contributed by atoms with Crippen LogP contribution in [0.25, 0.3) is 0 Å². The Kier molecular flexibility index (Phi) is 3.14. The van der Waals surface area contributed by atoms with Gasteiger partial charge in [-0.3, -0.25) is 4.79 Å². The van der Waals surface area contributed by atoms with Gasteiger partial charge in [-0.05, 0) is 24.6 Å². The van der Waals surface area contributed by atoms with Gasteiger partial charge < -0.3 is 10.2 Å². The Morgan fingerprint density at radius 2 is 2.11 bits per heavy atom. The van der Waals surface area contributed by atoms with Crippen LogP contribution in [0.2, 0.25) is 0 Å². The van der Waals surface area contributed by atoms with Crippen molar-refractivity contribution in [2.45, 2.75) is 11.8 Å². The van der Waals surface area contributed by atoms with E-state index in [0.717, 1.165) is 36.6 Å². The minimum Gasteiger partial charge on any atom is -0.309 e. The van der Waals surface area contributed by atoms with Crippen molar-refractivity contribution in [1.29, 1.82) is 0 Å². The number of hydrogen-bond acceptors (Lipinski definition) is 3. The van der Waals surface area contributed by atoms with Crippen LogP contribution in [0.3, 0.4) is 0 Å². The third kappa shape index (κ3) is 1.95. The molecule has 1 saturated heterocycles. The van der Waals surface area contributed by atoms with E-state index in [1.165, 1.54) is 10.5 Å². The molecule has 0 unspecified atom stereocenters. The summed E-state index contributed by atoms with van der Waals surface area (Å²) in [7, 11) is 0. The van der Waals surface area contributed by atoms with E-state index in [1.54, 1.807) is 0 Å². The van der Waals surface area contributed by atoms with Gasteiger partial charge in [-0.25, -0.2) is 0 Å². The number of amides is 1. The highest BCUT2D eigenvalue weighted by Gasteiger charge is 2.26. The molecule has 2 heterocycles. The zero-order valence-electron chi connectivity index (χ0n) is 10.4. The van der Waals surface area contributed by atoms with Gasteiger partial charge in [-0.1, -0.05) is 12.1 Å². The Balaban J connectivity index is 1.92. The Bertz CT molecular complexity index is 518. The topological polar surface area (TPSA) is 32.3 Å². The van der Waals surface area contributed by atoms with Gasteiger partial charge in [0, 0.05) is 35.9 Å². The maximum atomic E-state index is 12.5. The Morgan fingerprint density at radius 1 is 1.33 bits per heavy atom. The number of para-hydroxylation sites is 1. The summed E-state index contributed by atoms with van der Waals surface area (Å²) in [6.07, 6.45) is 0. The monoisotopic (exact) mass is 260 g/mol. The van der Waals surface area contributed by atoms with Crippen molar-refractivity contribution in [3.63, 3.8) is 0 Å². The molecular formula is C14H16N2OS. The van der Waals surface area contributed by atoms with Crippen molar-refractivity contribution in [2.24, 2.45) is 0 Å². The molecule has 2 aliphatic rings. The molecule has 1 N–H and O–H groups in total. The SMILES string of the molecule is CC(C(=O)N1CCSc2ccccc21)=C1CNC1. The molecule has 0 radical (unpaired) electrons. The van der Waals surface area contributed by atoms with Crippen LogP contribution in [0.1, 0.15) is 6.92 Å². The van der Waals surface area contributed by atoms with Crippen molar-refractivity contribution < 1.29 is 4.79 Å². The number of nitrogens with one attached hydrogen (secondary N) is 1.